The Morgan fingerprint density at radius 3 is 2.62 bits per heavy atom. The van der Waals surface area contributed by atoms with Gasteiger partial charge in [-0.1, -0.05) is 76.3 Å². The Kier molecular flexibility index (Phi) is 6.62. The summed E-state index contributed by atoms with van der Waals surface area (Å²) < 4.78 is 5.82. The largest absolute Gasteiger partial charge is 0.355 e. The van der Waals surface area contributed by atoms with Crippen LogP contribution in [0.15, 0.2) is 63.5 Å². The zero-order valence-electron chi connectivity index (χ0n) is 17.3. The number of aryl methyl sites for hydroxylation is 2. The number of nitrogens with one attached hydrogen (secondary N) is 2. The number of carbonyl (C=O) groups is 2. The molecule has 0 aliphatic carbocycles. The van der Waals surface area contributed by atoms with Crippen LogP contribution in [-0.2, 0) is 4.79 Å². The molecule has 2 aromatic heterocycles. The second kappa shape index (κ2) is 9.75. The third kappa shape index (κ3) is 5.40. The number of hydrogen-bond acceptors (Lipinski definition) is 8. The summed E-state index contributed by atoms with van der Waals surface area (Å²) in [6.45, 7) is 3.96. The Labute approximate surface area is 192 Å². The molecule has 0 atom stereocenters. The van der Waals surface area contributed by atoms with Crippen LogP contribution in [0.1, 0.15) is 21.6 Å². The number of anilines is 2. The molecule has 32 heavy (non-hydrogen) atoms. The highest BCUT2D eigenvalue weighted by Crippen LogP contribution is 2.27. The topological polar surface area (TPSA) is 110 Å². The van der Waals surface area contributed by atoms with E-state index in [-0.39, 0.29) is 17.4 Å². The molecule has 2 N–H and O–H groups in total. The summed E-state index contributed by atoms with van der Waals surface area (Å²) in [5.74, 6) is 0.0914. The van der Waals surface area contributed by atoms with E-state index in [9.17, 15) is 9.59 Å². The molecule has 0 spiro atoms. The predicted octanol–water partition coefficient (Wildman–Crippen LogP) is 4.79. The van der Waals surface area contributed by atoms with Crippen LogP contribution >= 0.6 is 23.1 Å². The second-order valence-electron chi connectivity index (χ2n) is 6.92. The lowest BCUT2D eigenvalue weighted by molar-refractivity contribution is -0.113. The molecular formula is C22H19N5O3S2. The highest BCUT2D eigenvalue weighted by atomic mass is 32.2. The number of carbonyl (C=O) groups excluding carboxylic acids is 2. The van der Waals surface area contributed by atoms with Gasteiger partial charge in [0.05, 0.1) is 5.75 Å². The number of amides is 2. The Morgan fingerprint density at radius 1 is 1.03 bits per heavy atom. The monoisotopic (exact) mass is 465 g/mol. The van der Waals surface area contributed by atoms with Crippen molar-refractivity contribution in [2.75, 3.05) is 16.4 Å². The standard InChI is InChI=1S/C22H19N5O3S2/c1-13-8-9-16(14(2)10-13)23-19(28)12-31-22-26-25-21(32-22)24-20(29)17-11-18(30-27-17)15-6-4-3-5-7-15/h3-11H,12H2,1-2H3,(H,23,28)(H,24,25,29). The molecule has 4 rings (SSSR count). The first-order valence-corrected chi connectivity index (χ1v) is 11.4. The van der Waals surface area contributed by atoms with Crippen molar-refractivity contribution in [1.82, 2.24) is 15.4 Å². The van der Waals surface area contributed by atoms with Crippen LogP contribution in [0.3, 0.4) is 0 Å². The fourth-order valence-corrected chi connectivity index (χ4v) is 4.41. The molecular weight excluding hydrogens is 446 g/mol. The van der Waals surface area contributed by atoms with E-state index in [0.29, 0.717) is 15.2 Å². The first-order chi connectivity index (χ1) is 15.5. The highest BCUT2D eigenvalue weighted by Gasteiger charge is 2.16. The number of benzene rings is 2. The zero-order valence-corrected chi connectivity index (χ0v) is 18.9. The van der Waals surface area contributed by atoms with Crippen molar-refractivity contribution >= 4 is 45.7 Å². The number of nitrogens with zero attached hydrogens (tertiary/aromatic N) is 3. The molecule has 2 amide bonds. The van der Waals surface area contributed by atoms with E-state index >= 15 is 0 Å². The summed E-state index contributed by atoms with van der Waals surface area (Å²) in [5, 5.41) is 17.7. The lowest BCUT2D eigenvalue weighted by Crippen LogP contribution is -2.14. The summed E-state index contributed by atoms with van der Waals surface area (Å²) in [6.07, 6.45) is 0. The summed E-state index contributed by atoms with van der Waals surface area (Å²) in [6, 6.07) is 16.8. The van der Waals surface area contributed by atoms with Gasteiger partial charge in [0, 0.05) is 17.3 Å². The maximum absolute atomic E-state index is 12.4. The molecule has 0 saturated heterocycles. The van der Waals surface area contributed by atoms with E-state index in [1.54, 1.807) is 6.07 Å². The average molecular weight is 466 g/mol. The van der Waals surface area contributed by atoms with Crippen LogP contribution in [0.5, 0.6) is 0 Å². The Morgan fingerprint density at radius 2 is 1.84 bits per heavy atom. The quantitative estimate of drug-likeness (QED) is 0.298. The molecule has 0 aliphatic rings. The van der Waals surface area contributed by atoms with Gasteiger partial charge in [0.25, 0.3) is 5.91 Å². The lowest BCUT2D eigenvalue weighted by atomic mass is 10.1. The van der Waals surface area contributed by atoms with E-state index in [1.807, 2.05) is 62.4 Å². The Bertz CT molecular complexity index is 1250. The van der Waals surface area contributed by atoms with Crippen LogP contribution in [-0.4, -0.2) is 32.9 Å². The third-order valence-electron chi connectivity index (χ3n) is 4.41. The summed E-state index contributed by atoms with van der Waals surface area (Å²) in [7, 11) is 0. The van der Waals surface area contributed by atoms with Gasteiger partial charge in [0.2, 0.25) is 11.0 Å². The van der Waals surface area contributed by atoms with Gasteiger partial charge in [-0.3, -0.25) is 14.9 Å². The molecule has 10 heteroatoms. The van der Waals surface area contributed by atoms with Crippen LogP contribution in [0.25, 0.3) is 11.3 Å². The van der Waals surface area contributed by atoms with Gasteiger partial charge in [-0.15, -0.1) is 10.2 Å². The van der Waals surface area contributed by atoms with E-state index in [4.69, 9.17) is 4.52 Å². The third-order valence-corrected chi connectivity index (χ3v) is 6.38. The number of aromatic nitrogens is 3. The number of hydrogen-bond donors (Lipinski definition) is 2. The molecule has 0 saturated carbocycles. The minimum Gasteiger partial charge on any atom is -0.355 e. The Balaban J connectivity index is 1.30. The van der Waals surface area contributed by atoms with Crippen LogP contribution in [0.4, 0.5) is 10.8 Å². The zero-order chi connectivity index (χ0) is 22.5. The van der Waals surface area contributed by atoms with Crippen LogP contribution < -0.4 is 10.6 Å². The normalized spacial score (nSPS) is 10.7. The van der Waals surface area contributed by atoms with E-state index < -0.39 is 5.91 Å². The van der Waals surface area contributed by atoms with Gasteiger partial charge < -0.3 is 9.84 Å². The van der Waals surface area contributed by atoms with Gasteiger partial charge >= 0.3 is 0 Å². The summed E-state index contributed by atoms with van der Waals surface area (Å²) >= 11 is 2.43. The first kappa shape index (κ1) is 21.7. The SMILES string of the molecule is Cc1ccc(NC(=O)CSc2nnc(NC(=O)c3cc(-c4ccccc4)on3)s2)c(C)c1. The van der Waals surface area contributed by atoms with E-state index in [2.05, 4.69) is 26.0 Å². The van der Waals surface area contributed by atoms with Crippen molar-refractivity contribution in [2.45, 2.75) is 18.2 Å². The highest BCUT2D eigenvalue weighted by molar-refractivity contribution is 8.01. The van der Waals surface area contributed by atoms with E-state index in [1.165, 1.54) is 23.1 Å². The molecule has 0 unspecified atom stereocenters. The van der Waals surface area contributed by atoms with Crippen molar-refractivity contribution < 1.29 is 14.1 Å². The molecule has 2 heterocycles. The maximum atomic E-state index is 12.4. The van der Waals surface area contributed by atoms with Gasteiger partial charge in [-0.05, 0) is 25.5 Å². The fourth-order valence-electron chi connectivity index (χ4n) is 2.87. The van der Waals surface area contributed by atoms with Crippen molar-refractivity contribution in [3.63, 3.8) is 0 Å². The smallest absolute Gasteiger partial charge is 0.279 e. The lowest BCUT2D eigenvalue weighted by Gasteiger charge is -2.08. The number of rotatable bonds is 7. The maximum Gasteiger partial charge on any atom is 0.279 e. The number of thioether (sulfide) groups is 1. The molecule has 2 aromatic carbocycles. The minimum atomic E-state index is -0.448. The van der Waals surface area contributed by atoms with Crippen LogP contribution in [0.2, 0.25) is 0 Å². The van der Waals surface area contributed by atoms with E-state index in [0.717, 1.165) is 22.4 Å². The van der Waals surface area contributed by atoms with Gasteiger partial charge in [0.1, 0.15) is 0 Å². The van der Waals surface area contributed by atoms with Gasteiger partial charge in [-0.25, -0.2) is 0 Å². The van der Waals surface area contributed by atoms with Crippen molar-refractivity contribution in [1.29, 1.82) is 0 Å². The minimum absolute atomic E-state index is 0.140. The molecule has 162 valence electrons. The molecule has 4 aromatic rings. The molecule has 0 aliphatic heterocycles. The fraction of sp³-hybridized carbons (Fsp3) is 0.136. The van der Waals surface area contributed by atoms with Crippen molar-refractivity contribution in [2.24, 2.45) is 0 Å². The second-order valence-corrected chi connectivity index (χ2v) is 9.12. The van der Waals surface area contributed by atoms with Crippen molar-refractivity contribution in [3.05, 3.63) is 71.4 Å². The summed E-state index contributed by atoms with van der Waals surface area (Å²) in [4.78, 5) is 24.7. The van der Waals surface area contributed by atoms with Crippen molar-refractivity contribution in [3.8, 4) is 11.3 Å². The molecule has 0 radical (unpaired) electrons. The predicted molar refractivity (Wildman–Crippen MR) is 125 cm³/mol. The van der Waals surface area contributed by atoms with Gasteiger partial charge in [0.15, 0.2) is 15.8 Å². The molecule has 0 bridgehead atoms. The Hall–Kier alpha value is -3.50. The molecule has 0 fully saturated rings. The summed E-state index contributed by atoms with van der Waals surface area (Å²) in [5.41, 5.74) is 3.90. The average Bonchev–Trinajstić information content (AvgIpc) is 3.45. The molecule has 8 nitrogen and oxygen atoms in total. The first-order valence-electron chi connectivity index (χ1n) is 9.65. The van der Waals surface area contributed by atoms with Gasteiger partial charge in [-0.2, -0.15) is 0 Å². The van der Waals surface area contributed by atoms with Crippen LogP contribution in [0, 0.1) is 13.8 Å².